The van der Waals surface area contributed by atoms with Gasteiger partial charge in [-0.1, -0.05) is 23.8 Å². The lowest BCUT2D eigenvalue weighted by Gasteiger charge is -2.09. The van der Waals surface area contributed by atoms with Crippen LogP contribution in [0.2, 0.25) is 0 Å². The molecule has 8 nitrogen and oxygen atoms in total. The number of fused-ring (bicyclic) bond motifs is 2. The van der Waals surface area contributed by atoms with Crippen LogP contribution in [0.15, 0.2) is 36.4 Å². The summed E-state index contributed by atoms with van der Waals surface area (Å²) in [5, 5.41) is 5.93. The highest BCUT2D eigenvalue weighted by molar-refractivity contribution is 6.35. The zero-order chi connectivity index (χ0) is 36.3. The number of hydrogen-bond acceptors (Lipinski definition) is 4. The monoisotopic (exact) mass is 674 g/mol. The van der Waals surface area contributed by atoms with E-state index in [0.29, 0.717) is 0 Å². The summed E-state index contributed by atoms with van der Waals surface area (Å²) in [6, 6.07) is 12.1. The van der Waals surface area contributed by atoms with Gasteiger partial charge in [-0.05, 0) is 167 Å². The number of nitrogens with one attached hydrogen (secondary N) is 4. The fourth-order valence-electron chi connectivity index (χ4n) is 7.12. The van der Waals surface area contributed by atoms with Gasteiger partial charge in [-0.25, -0.2) is 0 Å². The van der Waals surface area contributed by atoms with Crippen molar-refractivity contribution in [3.8, 4) is 0 Å². The predicted molar refractivity (Wildman–Crippen MR) is 210 cm³/mol. The van der Waals surface area contributed by atoms with Gasteiger partial charge in [0.15, 0.2) is 0 Å². The number of aromatic amines is 2. The molecule has 0 spiro atoms. The SMILES string of the molecule is Cc1ccc2c(c1)C(=Cc1[nH]c(C)c(CCCN(C)C)c1C)C(=O)N2.Cc1cccc2c1C(=Cc1[nH]c(C)c(CCCN(C)C)c1C)C(=O)N2. The van der Waals surface area contributed by atoms with Crippen LogP contribution in [0.25, 0.3) is 23.3 Å². The fourth-order valence-corrected chi connectivity index (χ4v) is 7.12. The lowest BCUT2D eigenvalue weighted by molar-refractivity contribution is -0.111. The second kappa shape index (κ2) is 15.5. The summed E-state index contributed by atoms with van der Waals surface area (Å²) in [5.74, 6) is -0.0495. The van der Waals surface area contributed by atoms with Crippen LogP contribution in [0, 0.1) is 41.5 Å². The smallest absolute Gasteiger partial charge is 0.256 e. The van der Waals surface area contributed by atoms with Gasteiger partial charge < -0.3 is 30.4 Å². The van der Waals surface area contributed by atoms with Gasteiger partial charge in [-0.15, -0.1) is 0 Å². The predicted octanol–water partition coefficient (Wildman–Crippen LogP) is 7.85. The summed E-state index contributed by atoms with van der Waals surface area (Å²) in [4.78, 5) is 36.2. The molecule has 6 rings (SSSR count). The standard InChI is InChI=1S/2C21H27N3O/c1-13-8-6-10-18-20(13)17(21(25)23-18)12-19-14(2)16(15(3)22-19)9-7-11-24(4)5;1-13-8-9-19-17(11-13)18(21(25)23-19)12-20-14(2)16(15(3)22-20)7-6-10-24(4)5/h6,8,10,12,22H,7,9,11H2,1-5H3,(H,23,25);8-9,11-12,22H,6-7,10H2,1-5H3,(H,23,25). The maximum Gasteiger partial charge on any atom is 0.256 e. The highest BCUT2D eigenvalue weighted by Gasteiger charge is 2.27. The molecule has 4 heterocycles. The summed E-state index contributed by atoms with van der Waals surface area (Å²) >= 11 is 0. The molecule has 0 radical (unpaired) electrons. The lowest BCUT2D eigenvalue weighted by atomic mass is 9.99. The van der Waals surface area contributed by atoms with E-state index in [2.05, 4.69) is 92.4 Å². The van der Waals surface area contributed by atoms with Crippen molar-refractivity contribution < 1.29 is 9.59 Å². The molecule has 2 aliphatic heterocycles. The van der Waals surface area contributed by atoms with Crippen molar-refractivity contribution in [1.29, 1.82) is 0 Å². The number of rotatable bonds is 10. The number of aryl methyl sites for hydroxylation is 4. The topological polar surface area (TPSA) is 96.3 Å². The van der Waals surface area contributed by atoms with E-state index in [4.69, 9.17) is 0 Å². The maximum atomic E-state index is 12.4. The average molecular weight is 675 g/mol. The number of carbonyl (C=O) groups is 2. The van der Waals surface area contributed by atoms with Gasteiger partial charge in [0, 0.05) is 45.3 Å². The number of carbonyl (C=O) groups excluding carboxylic acids is 2. The van der Waals surface area contributed by atoms with Gasteiger partial charge in [0.1, 0.15) is 0 Å². The molecule has 0 atom stereocenters. The molecule has 4 N–H and O–H groups in total. The van der Waals surface area contributed by atoms with Crippen molar-refractivity contribution in [2.75, 3.05) is 51.9 Å². The Morgan fingerprint density at radius 1 is 0.640 bits per heavy atom. The normalized spacial score (nSPS) is 15.1. The molecule has 4 aromatic rings. The number of anilines is 2. The third kappa shape index (κ3) is 8.03. The van der Waals surface area contributed by atoms with E-state index in [1.54, 1.807) is 0 Å². The second-order valence-electron chi connectivity index (χ2n) is 14.4. The lowest BCUT2D eigenvalue weighted by Crippen LogP contribution is -2.13. The Morgan fingerprint density at radius 3 is 1.72 bits per heavy atom. The molecule has 264 valence electrons. The van der Waals surface area contributed by atoms with Crippen molar-refractivity contribution in [2.45, 2.75) is 67.2 Å². The van der Waals surface area contributed by atoms with Gasteiger partial charge >= 0.3 is 0 Å². The second-order valence-corrected chi connectivity index (χ2v) is 14.4. The number of nitrogens with zero attached hydrogens (tertiary/aromatic N) is 2. The highest BCUT2D eigenvalue weighted by Crippen LogP contribution is 2.37. The Morgan fingerprint density at radius 2 is 1.16 bits per heavy atom. The van der Waals surface area contributed by atoms with E-state index < -0.39 is 0 Å². The third-order valence-electron chi connectivity index (χ3n) is 9.90. The largest absolute Gasteiger partial charge is 0.359 e. The van der Waals surface area contributed by atoms with Gasteiger partial charge in [0.2, 0.25) is 0 Å². The minimum Gasteiger partial charge on any atom is -0.359 e. The number of hydrogen-bond donors (Lipinski definition) is 4. The average Bonchev–Trinajstić information content (AvgIpc) is 3.71. The number of benzene rings is 2. The first-order chi connectivity index (χ1) is 23.7. The molecule has 2 amide bonds. The minimum absolute atomic E-state index is 0.0230. The summed E-state index contributed by atoms with van der Waals surface area (Å²) in [6.45, 7) is 14.8. The Kier molecular flexibility index (Phi) is 11.3. The van der Waals surface area contributed by atoms with E-state index in [0.717, 1.165) is 94.9 Å². The van der Waals surface area contributed by atoms with Crippen LogP contribution in [-0.4, -0.2) is 72.9 Å². The van der Waals surface area contributed by atoms with Crippen LogP contribution >= 0.6 is 0 Å². The third-order valence-corrected chi connectivity index (χ3v) is 9.90. The molecule has 0 saturated heterocycles. The fraction of sp³-hybridized carbons (Fsp3) is 0.381. The van der Waals surface area contributed by atoms with Crippen molar-refractivity contribution in [3.63, 3.8) is 0 Å². The molecule has 0 bridgehead atoms. The van der Waals surface area contributed by atoms with E-state index in [-0.39, 0.29) is 11.8 Å². The van der Waals surface area contributed by atoms with Crippen LogP contribution in [0.1, 0.15) is 80.1 Å². The molecule has 0 unspecified atom stereocenters. The first-order valence-corrected chi connectivity index (χ1v) is 17.7. The van der Waals surface area contributed by atoms with Crippen molar-refractivity contribution >= 4 is 46.5 Å². The van der Waals surface area contributed by atoms with Gasteiger partial charge in [0.25, 0.3) is 11.8 Å². The first-order valence-electron chi connectivity index (χ1n) is 17.7. The van der Waals surface area contributed by atoms with Gasteiger partial charge in [-0.2, -0.15) is 0 Å². The molecule has 0 aliphatic carbocycles. The number of H-pyrrole nitrogens is 2. The molecule has 2 aliphatic rings. The van der Waals surface area contributed by atoms with Crippen molar-refractivity contribution in [2.24, 2.45) is 0 Å². The molecule has 0 saturated carbocycles. The van der Waals surface area contributed by atoms with Crippen LogP contribution in [0.5, 0.6) is 0 Å². The van der Waals surface area contributed by atoms with Gasteiger partial charge in [0.05, 0.1) is 11.1 Å². The van der Waals surface area contributed by atoms with E-state index >= 15 is 0 Å². The van der Waals surface area contributed by atoms with Crippen LogP contribution in [0.3, 0.4) is 0 Å². The summed E-state index contributed by atoms with van der Waals surface area (Å²) in [6.07, 6.45) is 8.37. The van der Waals surface area contributed by atoms with Crippen LogP contribution in [0.4, 0.5) is 11.4 Å². The van der Waals surface area contributed by atoms with Crippen molar-refractivity contribution in [1.82, 2.24) is 19.8 Å². The molecule has 50 heavy (non-hydrogen) atoms. The summed E-state index contributed by atoms with van der Waals surface area (Å²) < 4.78 is 0. The highest BCUT2D eigenvalue weighted by atomic mass is 16.2. The number of aromatic nitrogens is 2. The summed E-state index contributed by atoms with van der Waals surface area (Å²) in [5.41, 5.74) is 17.3. The van der Waals surface area contributed by atoms with Gasteiger partial charge in [-0.3, -0.25) is 9.59 Å². The first kappa shape index (κ1) is 36.6. The molecule has 8 heteroatoms. The molecule has 2 aromatic carbocycles. The quantitative estimate of drug-likeness (QED) is 0.129. The molecule has 2 aromatic heterocycles. The van der Waals surface area contributed by atoms with Crippen LogP contribution < -0.4 is 10.6 Å². The molecular weight excluding hydrogens is 621 g/mol. The van der Waals surface area contributed by atoms with E-state index in [1.807, 2.05) is 56.3 Å². The maximum absolute atomic E-state index is 12.4. The minimum atomic E-state index is -0.0265. The van der Waals surface area contributed by atoms with Crippen molar-refractivity contribution in [3.05, 3.63) is 104 Å². The Labute approximate surface area is 298 Å². The Balaban J connectivity index is 0.000000194. The zero-order valence-corrected chi connectivity index (χ0v) is 31.6. The summed E-state index contributed by atoms with van der Waals surface area (Å²) in [7, 11) is 8.41. The molecule has 0 fully saturated rings. The number of amides is 2. The molecular formula is C42H54N6O2. The zero-order valence-electron chi connectivity index (χ0n) is 31.6. The Hall–Kier alpha value is -4.66. The van der Waals surface area contributed by atoms with E-state index in [9.17, 15) is 9.59 Å². The van der Waals surface area contributed by atoms with E-state index in [1.165, 1.54) is 33.6 Å². The van der Waals surface area contributed by atoms with Crippen LogP contribution in [-0.2, 0) is 22.4 Å². The Bertz CT molecular complexity index is 1970.